The molecule has 164 valence electrons. The van der Waals surface area contributed by atoms with Crippen LogP contribution in [0.4, 0.5) is 5.82 Å². The number of amides is 1. The smallest absolute Gasteiger partial charge is 0.263 e. The first kappa shape index (κ1) is 20.2. The fourth-order valence-corrected chi connectivity index (χ4v) is 3.36. The predicted octanol–water partition coefficient (Wildman–Crippen LogP) is 2.62. The molecule has 3 aromatic heterocycles. The van der Waals surface area contributed by atoms with Crippen LogP contribution in [0.2, 0.25) is 0 Å². The van der Waals surface area contributed by atoms with Gasteiger partial charge in [0.2, 0.25) is 5.95 Å². The van der Waals surface area contributed by atoms with Crippen molar-refractivity contribution in [2.24, 2.45) is 0 Å². The molecule has 2 N–H and O–H groups in total. The second-order valence-electron chi connectivity index (χ2n) is 7.25. The number of nitrogens with one attached hydrogen (secondary N) is 2. The molecule has 1 amide bonds. The molecule has 5 aromatic rings. The van der Waals surface area contributed by atoms with E-state index in [2.05, 4.69) is 25.5 Å². The van der Waals surface area contributed by atoms with Gasteiger partial charge < -0.3 is 10.1 Å². The van der Waals surface area contributed by atoms with E-state index in [0.29, 0.717) is 28.3 Å². The zero-order chi connectivity index (χ0) is 22.8. The number of H-pyrrole nitrogens is 1. The third-order valence-corrected chi connectivity index (χ3v) is 4.84. The van der Waals surface area contributed by atoms with Crippen LogP contribution in [0.25, 0.3) is 22.7 Å². The first-order chi connectivity index (χ1) is 16.1. The number of ether oxygens (including phenoxy) is 1. The summed E-state index contributed by atoms with van der Waals surface area (Å²) >= 11 is 0. The van der Waals surface area contributed by atoms with E-state index < -0.39 is 0 Å². The lowest BCUT2D eigenvalue weighted by Gasteiger charge is -2.10. The molecule has 0 bridgehead atoms. The van der Waals surface area contributed by atoms with E-state index in [0.717, 1.165) is 5.69 Å². The van der Waals surface area contributed by atoms with Crippen LogP contribution in [0.5, 0.6) is 5.75 Å². The fourth-order valence-electron chi connectivity index (χ4n) is 3.36. The number of aryl methyl sites for hydroxylation is 1. The van der Waals surface area contributed by atoms with Crippen molar-refractivity contribution >= 4 is 22.8 Å². The largest absolute Gasteiger partial charge is 0.484 e. The Kier molecular flexibility index (Phi) is 5.15. The number of hydrogen-bond donors (Lipinski definition) is 2. The molecule has 3 heterocycles. The summed E-state index contributed by atoms with van der Waals surface area (Å²) in [6.45, 7) is 1.59. The van der Waals surface area contributed by atoms with Crippen molar-refractivity contribution in [1.82, 2.24) is 29.5 Å². The van der Waals surface area contributed by atoms with Crippen molar-refractivity contribution in [2.45, 2.75) is 6.92 Å². The molecular formula is C23H19N7O3. The molecule has 10 heteroatoms. The number of nitrogens with zero attached hydrogens (tertiary/aromatic N) is 5. The van der Waals surface area contributed by atoms with E-state index in [4.69, 9.17) is 4.74 Å². The van der Waals surface area contributed by atoms with E-state index in [9.17, 15) is 9.59 Å². The highest BCUT2D eigenvalue weighted by Gasteiger charge is 2.17. The lowest BCUT2D eigenvalue weighted by atomic mass is 10.3. The van der Waals surface area contributed by atoms with Gasteiger partial charge in [-0.1, -0.05) is 36.4 Å². The van der Waals surface area contributed by atoms with E-state index in [1.807, 2.05) is 48.5 Å². The van der Waals surface area contributed by atoms with Crippen LogP contribution in [-0.4, -0.2) is 42.0 Å². The molecule has 0 unspecified atom stereocenters. The maximum Gasteiger partial charge on any atom is 0.263 e. The summed E-state index contributed by atoms with van der Waals surface area (Å²) in [6.07, 6.45) is 1.47. The number of para-hydroxylation sites is 2. The van der Waals surface area contributed by atoms with Crippen LogP contribution in [0.3, 0.4) is 0 Å². The van der Waals surface area contributed by atoms with Crippen molar-refractivity contribution in [3.63, 3.8) is 0 Å². The number of benzene rings is 2. The monoisotopic (exact) mass is 441 g/mol. The molecule has 0 radical (unpaired) electrons. The van der Waals surface area contributed by atoms with Gasteiger partial charge in [0.25, 0.3) is 11.5 Å². The summed E-state index contributed by atoms with van der Waals surface area (Å²) < 4.78 is 8.45. The van der Waals surface area contributed by atoms with Gasteiger partial charge in [0.15, 0.2) is 12.3 Å². The molecule has 0 fully saturated rings. The first-order valence-electron chi connectivity index (χ1n) is 10.2. The van der Waals surface area contributed by atoms with E-state index in [1.165, 1.54) is 10.9 Å². The van der Waals surface area contributed by atoms with Crippen LogP contribution in [-0.2, 0) is 4.79 Å². The van der Waals surface area contributed by atoms with Crippen LogP contribution >= 0.6 is 0 Å². The molecular weight excluding hydrogens is 422 g/mol. The molecule has 2 aromatic carbocycles. The number of aromatic nitrogens is 6. The van der Waals surface area contributed by atoms with E-state index in [-0.39, 0.29) is 24.0 Å². The van der Waals surface area contributed by atoms with Gasteiger partial charge in [0.05, 0.1) is 17.6 Å². The molecule has 0 saturated heterocycles. The Labute approximate surface area is 187 Å². The maximum atomic E-state index is 12.7. The Hall–Kier alpha value is -4.73. The van der Waals surface area contributed by atoms with Gasteiger partial charge in [-0.05, 0) is 31.2 Å². The number of carbonyl (C=O) groups is 1. The number of carbonyl (C=O) groups excluding carboxylic acids is 1. The topological polar surface area (TPSA) is 120 Å². The summed E-state index contributed by atoms with van der Waals surface area (Å²) in [4.78, 5) is 32.5. The second kappa shape index (κ2) is 8.42. The Morgan fingerprint density at radius 3 is 2.55 bits per heavy atom. The fraction of sp³-hybridized carbons (Fsp3) is 0.0870. The lowest BCUT2D eigenvalue weighted by Crippen LogP contribution is -2.23. The highest BCUT2D eigenvalue weighted by molar-refractivity contribution is 5.91. The van der Waals surface area contributed by atoms with Gasteiger partial charge in [-0.15, -0.1) is 0 Å². The second-order valence-corrected chi connectivity index (χ2v) is 7.25. The van der Waals surface area contributed by atoms with Gasteiger partial charge in [0.1, 0.15) is 17.0 Å². The third kappa shape index (κ3) is 4.09. The molecule has 10 nitrogen and oxygen atoms in total. The van der Waals surface area contributed by atoms with E-state index in [1.54, 1.807) is 29.8 Å². The number of rotatable bonds is 6. The van der Waals surface area contributed by atoms with Crippen molar-refractivity contribution in [1.29, 1.82) is 0 Å². The molecule has 0 spiro atoms. The van der Waals surface area contributed by atoms with Crippen molar-refractivity contribution in [2.75, 3.05) is 11.9 Å². The lowest BCUT2D eigenvalue weighted by molar-refractivity contribution is -0.118. The van der Waals surface area contributed by atoms with Gasteiger partial charge in [0, 0.05) is 6.07 Å². The number of aromatic amines is 1. The molecule has 0 aliphatic heterocycles. The van der Waals surface area contributed by atoms with Crippen molar-refractivity contribution < 1.29 is 9.53 Å². The van der Waals surface area contributed by atoms with E-state index >= 15 is 0 Å². The predicted molar refractivity (Wildman–Crippen MR) is 122 cm³/mol. The summed E-state index contributed by atoms with van der Waals surface area (Å²) in [5.41, 5.74) is 1.40. The molecule has 33 heavy (non-hydrogen) atoms. The molecule has 0 aliphatic carbocycles. The SMILES string of the molecule is Cc1cc(NC(=O)COc2ccccc2)n(-c2nc3c(cnn3-c3ccccc3)c(=O)[nH]2)n1. The third-order valence-electron chi connectivity index (χ3n) is 4.84. The molecule has 0 aliphatic rings. The summed E-state index contributed by atoms with van der Waals surface area (Å²) in [5, 5.41) is 11.8. The Morgan fingerprint density at radius 1 is 1.06 bits per heavy atom. The van der Waals surface area contributed by atoms with Crippen molar-refractivity contribution in [3.05, 3.63) is 89.0 Å². The molecule has 5 rings (SSSR count). The Morgan fingerprint density at radius 2 is 1.79 bits per heavy atom. The van der Waals surface area contributed by atoms with Gasteiger partial charge in [-0.25, -0.2) is 4.68 Å². The maximum absolute atomic E-state index is 12.7. The first-order valence-corrected chi connectivity index (χ1v) is 10.2. The zero-order valence-electron chi connectivity index (χ0n) is 17.6. The van der Waals surface area contributed by atoms with Gasteiger partial charge in [-0.2, -0.15) is 19.9 Å². The summed E-state index contributed by atoms with van der Waals surface area (Å²) in [7, 11) is 0. The average molecular weight is 441 g/mol. The molecule has 0 atom stereocenters. The molecule has 0 saturated carbocycles. The number of hydrogen-bond acceptors (Lipinski definition) is 6. The Balaban J connectivity index is 1.47. The van der Waals surface area contributed by atoms with Gasteiger partial charge >= 0.3 is 0 Å². The number of fused-ring (bicyclic) bond motifs is 1. The number of anilines is 1. The minimum absolute atomic E-state index is 0.151. The highest BCUT2D eigenvalue weighted by Crippen LogP contribution is 2.18. The van der Waals surface area contributed by atoms with Crippen molar-refractivity contribution in [3.8, 4) is 17.4 Å². The summed E-state index contributed by atoms with van der Waals surface area (Å²) in [6, 6.07) is 20.1. The van der Waals surface area contributed by atoms with Gasteiger partial charge in [-0.3, -0.25) is 14.6 Å². The zero-order valence-corrected chi connectivity index (χ0v) is 17.6. The minimum Gasteiger partial charge on any atom is -0.484 e. The highest BCUT2D eigenvalue weighted by atomic mass is 16.5. The van der Waals surface area contributed by atoms with Crippen LogP contribution in [0.1, 0.15) is 5.69 Å². The van der Waals surface area contributed by atoms with Crippen LogP contribution < -0.4 is 15.6 Å². The Bertz CT molecular complexity index is 1490. The average Bonchev–Trinajstić information content (AvgIpc) is 3.42. The quantitative estimate of drug-likeness (QED) is 0.418. The standard InChI is InChI=1S/C23H19N7O3/c1-15-12-19(25-20(31)14-33-17-10-6-3-7-11-17)30(28-15)23-26-21-18(22(32)27-23)13-24-29(21)16-8-4-2-5-9-16/h2-13H,14H2,1H3,(H,25,31)(H,26,27,32). The normalized spacial score (nSPS) is 10.9. The minimum atomic E-state index is -0.377. The summed E-state index contributed by atoms with van der Waals surface area (Å²) in [5.74, 6) is 0.709. The van der Waals surface area contributed by atoms with Crippen LogP contribution in [0.15, 0.2) is 77.7 Å². The van der Waals surface area contributed by atoms with Crippen LogP contribution in [0, 0.1) is 6.92 Å².